The second kappa shape index (κ2) is 8.19. The molecule has 2 bridgehead atoms. The molecule has 158 valence electrons. The third-order valence-corrected chi connectivity index (χ3v) is 5.63. The van der Waals surface area contributed by atoms with Crippen LogP contribution in [0.4, 0.5) is 4.79 Å². The summed E-state index contributed by atoms with van der Waals surface area (Å²) in [4.78, 5) is 32.0. The van der Waals surface area contributed by atoms with E-state index in [9.17, 15) is 9.59 Å². The fourth-order valence-electron chi connectivity index (χ4n) is 4.32. The van der Waals surface area contributed by atoms with E-state index in [1.165, 1.54) is 0 Å². The van der Waals surface area contributed by atoms with Crippen LogP contribution in [0, 0.1) is 5.92 Å². The molecule has 1 amide bonds. The largest absolute Gasteiger partial charge is 0.444 e. The topological polar surface area (TPSA) is 68.7 Å². The highest BCUT2D eigenvalue weighted by Crippen LogP contribution is 2.35. The van der Waals surface area contributed by atoms with Crippen LogP contribution < -0.4 is 0 Å². The molecule has 1 aromatic heterocycles. The summed E-state index contributed by atoms with van der Waals surface area (Å²) in [7, 11) is 0. The first-order valence-corrected chi connectivity index (χ1v) is 10.5. The Hall–Kier alpha value is -2.73. The van der Waals surface area contributed by atoms with Gasteiger partial charge in [0, 0.05) is 23.2 Å². The van der Waals surface area contributed by atoms with Gasteiger partial charge < -0.3 is 9.47 Å². The SMILES string of the molecule is CC(C)(C)OC(=O)N1C2COCC1CC(C(=O)c1ccc(-c3ccccn3)cc1)C2. The Labute approximate surface area is 177 Å². The monoisotopic (exact) mass is 408 g/mol. The average Bonchev–Trinajstić information content (AvgIpc) is 2.72. The molecule has 3 heterocycles. The van der Waals surface area contributed by atoms with E-state index in [1.807, 2.05) is 63.2 Å². The zero-order chi connectivity index (χ0) is 21.3. The fraction of sp³-hybridized carbons (Fsp3) is 0.458. The highest BCUT2D eigenvalue weighted by Gasteiger charge is 2.45. The van der Waals surface area contributed by atoms with Gasteiger partial charge in [-0.1, -0.05) is 30.3 Å². The lowest BCUT2D eigenvalue weighted by atomic mass is 9.80. The fourth-order valence-corrected chi connectivity index (χ4v) is 4.32. The molecule has 30 heavy (non-hydrogen) atoms. The smallest absolute Gasteiger partial charge is 0.410 e. The van der Waals surface area contributed by atoms with Crippen molar-refractivity contribution in [2.75, 3.05) is 13.2 Å². The molecule has 0 aliphatic carbocycles. The van der Waals surface area contributed by atoms with Gasteiger partial charge in [-0.3, -0.25) is 14.7 Å². The summed E-state index contributed by atoms with van der Waals surface area (Å²) >= 11 is 0. The molecule has 6 nitrogen and oxygen atoms in total. The number of hydrogen-bond acceptors (Lipinski definition) is 5. The number of nitrogens with zero attached hydrogens (tertiary/aromatic N) is 2. The molecule has 0 N–H and O–H groups in total. The van der Waals surface area contributed by atoms with E-state index in [4.69, 9.17) is 9.47 Å². The third-order valence-electron chi connectivity index (χ3n) is 5.63. The molecule has 2 aromatic rings. The van der Waals surface area contributed by atoms with E-state index in [0.717, 1.165) is 11.3 Å². The molecule has 0 saturated carbocycles. The number of pyridine rings is 1. The first-order valence-electron chi connectivity index (χ1n) is 10.5. The Kier molecular flexibility index (Phi) is 5.60. The molecule has 6 heteroatoms. The molecule has 2 aliphatic heterocycles. The van der Waals surface area contributed by atoms with Gasteiger partial charge in [0.15, 0.2) is 5.78 Å². The van der Waals surface area contributed by atoms with Gasteiger partial charge in [-0.05, 0) is 45.7 Å². The number of ether oxygens (including phenoxy) is 2. The average molecular weight is 408 g/mol. The van der Waals surface area contributed by atoms with Gasteiger partial charge in [-0.25, -0.2) is 4.79 Å². The zero-order valence-corrected chi connectivity index (χ0v) is 17.7. The van der Waals surface area contributed by atoms with Crippen molar-refractivity contribution >= 4 is 11.9 Å². The van der Waals surface area contributed by atoms with Crippen molar-refractivity contribution in [3.8, 4) is 11.3 Å². The standard InChI is InChI=1S/C24H28N2O4/c1-24(2,3)30-23(28)26-19-12-18(13-20(26)15-29-14-19)22(27)17-9-7-16(8-10-17)21-6-4-5-11-25-21/h4-11,18-20H,12-15H2,1-3H3. The number of rotatable bonds is 3. The molecule has 2 atom stereocenters. The van der Waals surface area contributed by atoms with Crippen molar-refractivity contribution in [2.45, 2.75) is 51.3 Å². The number of morpholine rings is 1. The second-order valence-electron chi connectivity index (χ2n) is 9.06. The number of aromatic nitrogens is 1. The molecule has 0 spiro atoms. The zero-order valence-electron chi connectivity index (χ0n) is 17.7. The number of fused-ring (bicyclic) bond motifs is 2. The van der Waals surface area contributed by atoms with E-state index < -0.39 is 5.60 Å². The Morgan fingerprint density at radius 2 is 1.70 bits per heavy atom. The summed E-state index contributed by atoms with van der Waals surface area (Å²) in [6.07, 6.45) is 2.63. The molecule has 2 aliphatic rings. The number of hydrogen-bond donors (Lipinski definition) is 0. The Morgan fingerprint density at radius 1 is 1.03 bits per heavy atom. The number of piperidine rings is 1. The number of ketones is 1. The first kappa shape index (κ1) is 20.5. The van der Waals surface area contributed by atoms with Crippen molar-refractivity contribution in [2.24, 2.45) is 5.92 Å². The Bertz CT molecular complexity index is 891. The normalized spacial score (nSPS) is 23.7. The number of amides is 1. The highest BCUT2D eigenvalue weighted by molar-refractivity contribution is 5.98. The van der Waals surface area contributed by atoms with Crippen molar-refractivity contribution in [1.29, 1.82) is 0 Å². The summed E-state index contributed by atoms with van der Waals surface area (Å²) in [6, 6.07) is 13.1. The first-order chi connectivity index (χ1) is 14.3. The van der Waals surface area contributed by atoms with Gasteiger partial charge >= 0.3 is 6.09 Å². The van der Waals surface area contributed by atoms with Gasteiger partial charge in [0.25, 0.3) is 0 Å². The quantitative estimate of drug-likeness (QED) is 0.707. The molecule has 0 radical (unpaired) electrons. The lowest BCUT2D eigenvalue weighted by Crippen LogP contribution is -2.60. The lowest BCUT2D eigenvalue weighted by Gasteiger charge is -2.47. The van der Waals surface area contributed by atoms with Crippen LogP contribution in [0.15, 0.2) is 48.7 Å². The number of carbonyl (C=O) groups is 2. The van der Waals surface area contributed by atoms with Crippen molar-refractivity contribution in [1.82, 2.24) is 9.88 Å². The number of Topliss-reactive ketones (excluding diaryl/α,β-unsaturated/α-hetero) is 1. The molecule has 2 fully saturated rings. The van der Waals surface area contributed by atoms with Crippen LogP contribution in [0.25, 0.3) is 11.3 Å². The summed E-state index contributed by atoms with van der Waals surface area (Å²) < 4.78 is 11.3. The summed E-state index contributed by atoms with van der Waals surface area (Å²) in [5.41, 5.74) is 2.02. The van der Waals surface area contributed by atoms with E-state index in [-0.39, 0.29) is 29.9 Å². The summed E-state index contributed by atoms with van der Waals surface area (Å²) in [6.45, 7) is 6.47. The maximum absolute atomic E-state index is 13.2. The molecule has 2 saturated heterocycles. The van der Waals surface area contributed by atoms with E-state index >= 15 is 0 Å². The van der Waals surface area contributed by atoms with Crippen LogP contribution >= 0.6 is 0 Å². The lowest BCUT2D eigenvalue weighted by molar-refractivity contribution is -0.0861. The Morgan fingerprint density at radius 3 is 2.27 bits per heavy atom. The van der Waals surface area contributed by atoms with Gasteiger partial charge in [-0.2, -0.15) is 0 Å². The van der Waals surface area contributed by atoms with Crippen LogP contribution in [0.1, 0.15) is 44.0 Å². The number of benzene rings is 1. The van der Waals surface area contributed by atoms with Gasteiger partial charge in [-0.15, -0.1) is 0 Å². The molecule has 2 unspecified atom stereocenters. The predicted molar refractivity (Wildman–Crippen MR) is 113 cm³/mol. The van der Waals surface area contributed by atoms with Crippen LogP contribution in [0.2, 0.25) is 0 Å². The Balaban J connectivity index is 1.47. The van der Waals surface area contributed by atoms with Crippen LogP contribution in [0.5, 0.6) is 0 Å². The predicted octanol–water partition coefficient (Wildman–Crippen LogP) is 4.35. The maximum atomic E-state index is 13.2. The maximum Gasteiger partial charge on any atom is 0.410 e. The molecule has 1 aromatic carbocycles. The third kappa shape index (κ3) is 4.38. The summed E-state index contributed by atoms with van der Waals surface area (Å²) in [5.74, 6) is 0.00611. The minimum Gasteiger partial charge on any atom is -0.444 e. The van der Waals surface area contributed by atoms with Crippen LogP contribution in [-0.2, 0) is 9.47 Å². The minimum atomic E-state index is -0.547. The number of carbonyl (C=O) groups excluding carboxylic acids is 2. The van der Waals surface area contributed by atoms with Gasteiger partial charge in [0.05, 0.1) is 31.0 Å². The minimum absolute atomic E-state index is 0.122. The van der Waals surface area contributed by atoms with Crippen molar-refractivity contribution < 1.29 is 19.1 Å². The molecular weight excluding hydrogens is 380 g/mol. The van der Waals surface area contributed by atoms with E-state index in [1.54, 1.807) is 11.1 Å². The highest BCUT2D eigenvalue weighted by atomic mass is 16.6. The second-order valence-corrected chi connectivity index (χ2v) is 9.06. The van der Waals surface area contributed by atoms with E-state index in [2.05, 4.69) is 4.98 Å². The van der Waals surface area contributed by atoms with Crippen molar-refractivity contribution in [3.63, 3.8) is 0 Å². The van der Waals surface area contributed by atoms with Crippen LogP contribution in [-0.4, -0.2) is 52.7 Å². The van der Waals surface area contributed by atoms with Gasteiger partial charge in [0.1, 0.15) is 5.60 Å². The molecular formula is C24H28N2O4. The molecule has 4 rings (SSSR count). The van der Waals surface area contributed by atoms with Gasteiger partial charge in [0.2, 0.25) is 0 Å². The van der Waals surface area contributed by atoms with E-state index in [0.29, 0.717) is 31.6 Å². The van der Waals surface area contributed by atoms with Crippen molar-refractivity contribution in [3.05, 3.63) is 54.2 Å². The summed E-state index contributed by atoms with van der Waals surface area (Å²) in [5, 5.41) is 0. The van der Waals surface area contributed by atoms with Crippen LogP contribution in [0.3, 0.4) is 0 Å².